The Bertz CT molecular complexity index is 255. The van der Waals surface area contributed by atoms with Crippen molar-refractivity contribution in [3.8, 4) is 0 Å². The summed E-state index contributed by atoms with van der Waals surface area (Å²) in [6, 6.07) is -0.354. The van der Waals surface area contributed by atoms with E-state index >= 15 is 0 Å². The Balaban J connectivity index is 2.51. The Morgan fingerprint density at radius 3 is 2.67 bits per heavy atom. The second-order valence-corrected chi connectivity index (χ2v) is 3.90. The van der Waals surface area contributed by atoms with Crippen molar-refractivity contribution in [1.82, 2.24) is 10.2 Å². The molecule has 0 bridgehead atoms. The first-order chi connectivity index (χ1) is 7.07. The summed E-state index contributed by atoms with van der Waals surface area (Å²) in [6.45, 7) is 4.94. The first kappa shape index (κ1) is 11.8. The number of amides is 2. The van der Waals surface area contributed by atoms with E-state index in [2.05, 4.69) is 5.32 Å². The molecular formula is C10H18N2O3. The molecule has 2 amide bonds. The fourth-order valence-electron chi connectivity index (χ4n) is 1.89. The van der Waals surface area contributed by atoms with Crippen LogP contribution >= 0.6 is 0 Å². The molecule has 86 valence electrons. The summed E-state index contributed by atoms with van der Waals surface area (Å²) >= 11 is 0. The summed E-state index contributed by atoms with van der Waals surface area (Å²) in [5.74, 6) is -1.23. The number of likely N-dealkylation sites (tertiary alicyclic amines) is 1. The molecule has 0 aliphatic carbocycles. The normalized spacial score (nSPS) is 25.3. The highest BCUT2D eigenvalue weighted by atomic mass is 16.4. The van der Waals surface area contributed by atoms with Gasteiger partial charge in [-0.25, -0.2) is 4.79 Å². The minimum Gasteiger partial charge on any atom is -0.481 e. The summed E-state index contributed by atoms with van der Waals surface area (Å²) < 4.78 is 0. The zero-order valence-corrected chi connectivity index (χ0v) is 9.19. The van der Waals surface area contributed by atoms with Gasteiger partial charge in [-0.1, -0.05) is 6.92 Å². The van der Waals surface area contributed by atoms with Gasteiger partial charge in [0.25, 0.3) is 0 Å². The summed E-state index contributed by atoms with van der Waals surface area (Å²) in [7, 11) is 0. The lowest BCUT2D eigenvalue weighted by Crippen LogP contribution is -2.44. The van der Waals surface area contributed by atoms with Crippen LogP contribution in [0.1, 0.15) is 26.7 Å². The lowest BCUT2D eigenvalue weighted by molar-refractivity contribution is -0.142. The second-order valence-electron chi connectivity index (χ2n) is 3.90. The van der Waals surface area contributed by atoms with Crippen LogP contribution in [0.25, 0.3) is 0 Å². The van der Waals surface area contributed by atoms with Crippen molar-refractivity contribution in [2.24, 2.45) is 5.92 Å². The SMILES string of the molecule is CCCNC(=O)N1CCC(C(=O)O)C1C. The first-order valence-electron chi connectivity index (χ1n) is 5.35. The fourth-order valence-corrected chi connectivity index (χ4v) is 1.89. The van der Waals surface area contributed by atoms with E-state index in [0.717, 1.165) is 6.42 Å². The summed E-state index contributed by atoms with van der Waals surface area (Å²) in [5, 5.41) is 11.7. The Morgan fingerprint density at radius 1 is 1.53 bits per heavy atom. The summed E-state index contributed by atoms with van der Waals surface area (Å²) in [5.41, 5.74) is 0. The highest BCUT2D eigenvalue weighted by Gasteiger charge is 2.37. The van der Waals surface area contributed by atoms with Gasteiger partial charge in [0.05, 0.1) is 5.92 Å². The van der Waals surface area contributed by atoms with Gasteiger partial charge in [-0.2, -0.15) is 0 Å². The number of carboxylic acids is 1. The molecule has 15 heavy (non-hydrogen) atoms. The van der Waals surface area contributed by atoms with Gasteiger partial charge in [0.2, 0.25) is 0 Å². The monoisotopic (exact) mass is 214 g/mol. The van der Waals surface area contributed by atoms with Gasteiger partial charge in [0, 0.05) is 19.1 Å². The van der Waals surface area contributed by atoms with Gasteiger partial charge in [-0.15, -0.1) is 0 Å². The maximum absolute atomic E-state index is 11.6. The van der Waals surface area contributed by atoms with Gasteiger partial charge >= 0.3 is 12.0 Å². The van der Waals surface area contributed by atoms with Crippen LogP contribution in [-0.4, -0.2) is 41.1 Å². The zero-order valence-electron chi connectivity index (χ0n) is 9.19. The summed E-state index contributed by atoms with van der Waals surface area (Å²) in [4.78, 5) is 24.0. The standard InChI is InChI=1S/C10H18N2O3/c1-3-5-11-10(15)12-6-4-8(7(12)2)9(13)14/h7-8H,3-6H2,1-2H3,(H,11,15)(H,13,14). The van der Waals surface area contributed by atoms with Crippen molar-refractivity contribution in [1.29, 1.82) is 0 Å². The van der Waals surface area contributed by atoms with Crippen LogP contribution in [0.3, 0.4) is 0 Å². The minimum absolute atomic E-state index is 0.145. The number of urea groups is 1. The highest BCUT2D eigenvalue weighted by Crippen LogP contribution is 2.23. The molecule has 5 heteroatoms. The molecule has 0 aromatic rings. The van der Waals surface area contributed by atoms with E-state index in [1.807, 2.05) is 6.92 Å². The van der Waals surface area contributed by atoms with Crippen LogP contribution in [0.4, 0.5) is 4.79 Å². The van der Waals surface area contributed by atoms with Crippen LogP contribution < -0.4 is 5.32 Å². The Labute approximate surface area is 89.4 Å². The molecule has 1 aliphatic heterocycles. The Kier molecular flexibility index (Phi) is 3.94. The molecule has 0 saturated carbocycles. The second kappa shape index (κ2) is 5.00. The third-order valence-electron chi connectivity index (χ3n) is 2.86. The number of aliphatic carboxylic acids is 1. The predicted molar refractivity (Wildman–Crippen MR) is 55.6 cm³/mol. The molecule has 1 heterocycles. The van der Waals surface area contributed by atoms with E-state index in [-0.39, 0.29) is 12.1 Å². The molecule has 1 rings (SSSR count). The topological polar surface area (TPSA) is 69.6 Å². The van der Waals surface area contributed by atoms with Crippen molar-refractivity contribution in [2.75, 3.05) is 13.1 Å². The third-order valence-corrected chi connectivity index (χ3v) is 2.86. The molecule has 1 aliphatic rings. The van der Waals surface area contributed by atoms with Gasteiger partial charge in [0.15, 0.2) is 0 Å². The smallest absolute Gasteiger partial charge is 0.317 e. The zero-order chi connectivity index (χ0) is 11.4. The Hall–Kier alpha value is -1.26. The van der Waals surface area contributed by atoms with Crippen molar-refractivity contribution in [3.05, 3.63) is 0 Å². The van der Waals surface area contributed by atoms with Gasteiger partial charge in [-0.3, -0.25) is 4.79 Å². The van der Waals surface area contributed by atoms with Crippen LogP contribution in [0.5, 0.6) is 0 Å². The van der Waals surface area contributed by atoms with Gasteiger partial charge < -0.3 is 15.3 Å². The molecular weight excluding hydrogens is 196 g/mol. The van der Waals surface area contributed by atoms with E-state index in [4.69, 9.17) is 5.11 Å². The van der Waals surface area contributed by atoms with Crippen LogP contribution in [-0.2, 0) is 4.79 Å². The number of nitrogens with zero attached hydrogens (tertiary/aromatic N) is 1. The number of carbonyl (C=O) groups is 2. The number of carboxylic acid groups (broad SMARTS) is 1. The molecule has 0 aromatic carbocycles. The summed E-state index contributed by atoms with van der Waals surface area (Å²) in [6.07, 6.45) is 1.44. The number of carbonyl (C=O) groups excluding carboxylic acids is 1. The maximum atomic E-state index is 11.6. The van der Waals surface area contributed by atoms with Crippen molar-refractivity contribution >= 4 is 12.0 Å². The van der Waals surface area contributed by atoms with Crippen LogP contribution in [0, 0.1) is 5.92 Å². The molecule has 1 fully saturated rings. The molecule has 0 radical (unpaired) electrons. The third kappa shape index (κ3) is 2.61. The molecule has 0 aromatic heterocycles. The molecule has 2 unspecified atom stereocenters. The minimum atomic E-state index is -0.812. The number of hydrogen-bond donors (Lipinski definition) is 2. The van der Waals surface area contributed by atoms with E-state index in [0.29, 0.717) is 19.5 Å². The number of hydrogen-bond acceptors (Lipinski definition) is 2. The largest absolute Gasteiger partial charge is 0.481 e. The highest BCUT2D eigenvalue weighted by molar-refractivity contribution is 5.78. The average Bonchev–Trinajstić information content (AvgIpc) is 2.56. The number of nitrogens with one attached hydrogen (secondary N) is 1. The van der Waals surface area contributed by atoms with E-state index < -0.39 is 11.9 Å². The maximum Gasteiger partial charge on any atom is 0.317 e. The van der Waals surface area contributed by atoms with Crippen molar-refractivity contribution in [2.45, 2.75) is 32.7 Å². The van der Waals surface area contributed by atoms with Crippen molar-refractivity contribution < 1.29 is 14.7 Å². The van der Waals surface area contributed by atoms with Crippen LogP contribution in [0.15, 0.2) is 0 Å². The van der Waals surface area contributed by atoms with Gasteiger partial charge in [-0.05, 0) is 19.8 Å². The lowest BCUT2D eigenvalue weighted by atomic mass is 10.0. The van der Waals surface area contributed by atoms with Crippen molar-refractivity contribution in [3.63, 3.8) is 0 Å². The van der Waals surface area contributed by atoms with Gasteiger partial charge in [0.1, 0.15) is 0 Å². The molecule has 2 N–H and O–H groups in total. The quantitative estimate of drug-likeness (QED) is 0.733. The fraction of sp³-hybridized carbons (Fsp3) is 0.800. The molecule has 2 atom stereocenters. The lowest BCUT2D eigenvalue weighted by Gasteiger charge is -2.23. The van der Waals surface area contributed by atoms with E-state index in [1.54, 1.807) is 11.8 Å². The first-order valence-corrected chi connectivity index (χ1v) is 5.35. The predicted octanol–water partition coefficient (Wildman–Crippen LogP) is 0.901. The molecule has 1 saturated heterocycles. The average molecular weight is 214 g/mol. The van der Waals surface area contributed by atoms with E-state index in [9.17, 15) is 9.59 Å². The molecule has 0 spiro atoms. The van der Waals surface area contributed by atoms with E-state index in [1.165, 1.54) is 0 Å². The molecule has 5 nitrogen and oxygen atoms in total. The Morgan fingerprint density at radius 2 is 2.20 bits per heavy atom. The van der Waals surface area contributed by atoms with Crippen LogP contribution in [0.2, 0.25) is 0 Å². The number of rotatable bonds is 3.